The minimum absolute atomic E-state index is 0.431. The second-order valence-corrected chi connectivity index (χ2v) is 8.17. The molecule has 0 bridgehead atoms. The van der Waals surface area contributed by atoms with E-state index >= 15 is 0 Å². The van der Waals surface area contributed by atoms with Gasteiger partial charge in [0.1, 0.15) is 5.82 Å². The van der Waals surface area contributed by atoms with E-state index in [0.717, 1.165) is 11.4 Å². The third-order valence-corrected chi connectivity index (χ3v) is 5.50. The van der Waals surface area contributed by atoms with Crippen LogP contribution in [0.15, 0.2) is 79.0 Å². The second-order valence-electron chi connectivity index (χ2n) is 8.17. The quantitative estimate of drug-likeness (QED) is 0.381. The molecule has 1 aromatic heterocycles. The number of pyridine rings is 1. The number of anilines is 2. The van der Waals surface area contributed by atoms with Gasteiger partial charge < -0.3 is 5.32 Å². The van der Waals surface area contributed by atoms with Crippen LogP contribution in [-0.2, 0) is 0 Å². The Kier molecular flexibility index (Phi) is 5.35. The van der Waals surface area contributed by atoms with Gasteiger partial charge >= 0.3 is 0 Å². The summed E-state index contributed by atoms with van der Waals surface area (Å²) in [4.78, 5) is 4.75. The van der Waals surface area contributed by atoms with Gasteiger partial charge in [0.25, 0.3) is 0 Å². The number of hydrogen-bond acceptors (Lipinski definition) is 2. The molecule has 0 saturated carbocycles. The number of fused-ring (bicyclic) bond motifs is 1. The van der Waals surface area contributed by atoms with Crippen molar-refractivity contribution in [3.05, 3.63) is 90.1 Å². The minimum atomic E-state index is 0.431. The monoisotopic (exact) mass is 380 g/mol. The first-order valence-corrected chi connectivity index (χ1v) is 10.4. The molecule has 0 saturated heterocycles. The van der Waals surface area contributed by atoms with Gasteiger partial charge in [-0.15, -0.1) is 0 Å². The second kappa shape index (κ2) is 8.08. The van der Waals surface area contributed by atoms with E-state index in [2.05, 4.69) is 99.7 Å². The summed E-state index contributed by atoms with van der Waals surface area (Å²) in [6.07, 6.45) is 1.87. The highest BCUT2D eigenvalue weighted by atomic mass is 15.0. The van der Waals surface area contributed by atoms with Crippen LogP contribution in [0.25, 0.3) is 21.9 Å². The predicted molar refractivity (Wildman–Crippen MR) is 125 cm³/mol. The summed E-state index contributed by atoms with van der Waals surface area (Å²) in [5, 5.41) is 6.21. The maximum Gasteiger partial charge on any atom is 0.138 e. The molecular formula is C27H28N2. The molecule has 2 nitrogen and oxygen atoms in total. The van der Waals surface area contributed by atoms with Gasteiger partial charge in [-0.2, -0.15) is 0 Å². The van der Waals surface area contributed by atoms with Crippen LogP contribution in [-0.4, -0.2) is 4.98 Å². The maximum atomic E-state index is 4.75. The van der Waals surface area contributed by atoms with Crippen molar-refractivity contribution in [2.75, 3.05) is 5.32 Å². The molecule has 2 heteroatoms. The maximum absolute atomic E-state index is 4.75. The van der Waals surface area contributed by atoms with E-state index < -0.39 is 0 Å². The van der Waals surface area contributed by atoms with Gasteiger partial charge in [-0.3, -0.25) is 0 Å². The van der Waals surface area contributed by atoms with Crippen LogP contribution in [0.4, 0.5) is 11.5 Å². The molecule has 4 rings (SSSR count). The first-order chi connectivity index (χ1) is 14.1. The molecule has 1 N–H and O–H groups in total. The van der Waals surface area contributed by atoms with Crippen molar-refractivity contribution < 1.29 is 0 Å². The van der Waals surface area contributed by atoms with Gasteiger partial charge in [0.05, 0.1) is 0 Å². The summed E-state index contributed by atoms with van der Waals surface area (Å²) in [6.45, 7) is 8.98. The Balaban J connectivity index is 1.88. The summed E-state index contributed by atoms with van der Waals surface area (Å²) in [7, 11) is 0. The fourth-order valence-corrected chi connectivity index (χ4v) is 4.00. The van der Waals surface area contributed by atoms with E-state index in [0.29, 0.717) is 11.8 Å². The van der Waals surface area contributed by atoms with Crippen molar-refractivity contribution in [1.82, 2.24) is 4.98 Å². The molecule has 0 aliphatic carbocycles. The molecule has 0 radical (unpaired) electrons. The summed E-state index contributed by atoms with van der Waals surface area (Å²) in [5.74, 6) is 1.76. The molecule has 0 aliphatic heterocycles. The summed E-state index contributed by atoms with van der Waals surface area (Å²) < 4.78 is 0. The van der Waals surface area contributed by atoms with E-state index in [1.165, 1.54) is 33.2 Å². The van der Waals surface area contributed by atoms with Crippen LogP contribution < -0.4 is 5.32 Å². The van der Waals surface area contributed by atoms with Gasteiger partial charge in [0.15, 0.2) is 0 Å². The van der Waals surface area contributed by atoms with Crippen molar-refractivity contribution in [3.8, 4) is 11.1 Å². The highest BCUT2D eigenvalue weighted by molar-refractivity contribution is 5.99. The molecule has 29 heavy (non-hydrogen) atoms. The van der Waals surface area contributed by atoms with Crippen molar-refractivity contribution in [1.29, 1.82) is 0 Å². The number of nitrogens with one attached hydrogen (secondary N) is 1. The van der Waals surface area contributed by atoms with Crippen molar-refractivity contribution >= 4 is 22.3 Å². The fourth-order valence-electron chi connectivity index (χ4n) is 4.00. The molecule has 0 amide bonds. The molecule has 0 atom stereocenters. The smallest absolute Gasteiger partial charge is 0.138 e. The molecule has 0 fully saturated rings. The summed E-state index contributed by atoms with van der Waals surface area (Å²) >= 11 is 0. The highest BCUT2D eigenvalue weighted by Gasteiger charge is 2.16. The third kappa shape index (κ3) is 3.75. The normalized spacial score (nSPS) is 11.4. The zero-order valence-electron chi connectivity index (χ0n) is 17.6. The number of hydrogen-bond donors (Lipinski definition) is 1. The van der Waals surface area contributed by atoms with E-state index in [9.17, 15) is 0 Å². The Morgan fingerprint density at radius 2 is 1.28 bits per heavy atom. The number of benzene rings is 3. The Bertz CT molecular complexity index is 1110. The van der Waals surface area contributed by atoms with Crippen molar-refractivity contribution in [2.24, 2.45) is 0 Å². The molecular weight excluding hydrogens is 352 g/mol. The zero-order chi connectivity index (χ0) is 20.4. The minimum Gasteiger partial charge on any atom is -0.339 e. The van der Waals surface area contributed by atoms with Crippen molar-refractivity contribution in [2.45, 2.75) is 39.5 Å². The number of para-hydroxylation sites is 1. The van der Waals surface area contributed by atoms with Crippen LogP contribution in [0.3, 0.4) is 0 Å². The lowest BCUT2D eigenvalue weighted by Gasteiger charge is -2.22. The fraction of sp³-hybridized carbons (Fsp3) is 0.222. The molecule has 3 aromatic carbocycles. The van der Waals surface area contributed by atoms with Crippen LogP contribution in [0.1, 0.15) is 50.7 Å². The summed E-state index contributed by atoms with van der Waals surface area (Å²) in [6, 6.07) is 25.8. The van der Waals surface area contributed by atoms with E-state index in [1.807, 2.05) is 12.3 Å². The molecule has 4 aromatic rings. The lowest BCUT2D eigenvalue weighted by molar-refractivity contribution is 0.838. The van der Waals surface area contributed by atoms with E-state index in [4.69, 9.17) is 4.98 Å². The molecule has 0 unspecified atom stereocenters. The molecule has 0 spiro atoms. The van der Waals surface area contributed by atoms with Gasteiger partial charge in [-0.05, 0) is 51.4 Å². The Morgan fingerprint density at radius 1 is 0.655 bits per heavy atom. The Labute approximate surface area is 173 Å². The number of nitrogens with zero attached hydrogens (tertiary/aromatic N) is 1. The van der Waals surface area contributed by atoms with Gasteiger partial charge in [0, 0.05) is 17.4 Å². The first-order valence-electron chi connectivity index (χ1n) is 10.4. The standard InChI is InChI=1S/C27H28N2/c1-18(2)21-13-8-14-22(19(3)4)26(21)29-27-25(16-9-17-28-27)24-15-7-11-20-10-5-6-12-23(20)24/h5-19H,1-4H3,(H,28,29). The third-order valence-electron chi connectivity index (χ3n) is 5.50. The lowest BCUT2D eigenvalue weighted by atomic mass is 9.92. The van der Waals surface area contributed by atoms with Gasteiger partial charge in [-0.1, -0.05) is 88.4 Å². The predicted octanol–water partition coefficient (Wildman–Crippen LogP) is 7.89. The van der Waals surface area contributed by atoms with Gasteiger partial charge in [-0.25, -0.2) is 4.98 Å². The van der Waals surface area contributed by atoms with Crippen LogP contribution in [0, 0.1) is 0 Å². The van der Waals surface area contributed by atoms with Crippen LogP contribution in [0.2, 0.25) is 0 Å². The van der Waals surface area contributed by atoms with Crippen LogP contribution >= 0.6 is 0 Å². The first kappa shape index (κ1) is 19.2. The Hall–Kier alpha value is -3.13. The number of aromatic nitrogens is 1. The largest absolute Gasteiger partial charge is 0.339 e. The van der Waals surface area contributed by atoms with Crippen molar-refractivity contribution in [3.63, 3.8) is 0 Å². The SMILES string of the molecule is CC(C)c1cccc(C(C)C)c1Nc1ncccc1-c1cccc2ccccc12. The lowest BCUT2D eigenvalue weighted by Crippen LogP contribution is -2.05. The number of rotatable bonds is 5. The average molecular weight is 381 g/mol. The zero-order valence-corrected chi connectivity index (χ0v) is 17.6. The topological polar surface area (TPSA) is 24.9 Å². The Morgan fingerprint density at radius 3 is 2.00 bits per heavy atom. The highest BCUT2D eigenvalue weighted by Crippen LogP contribution is 2.38. The van der Waals surface area contributed by atoms with Crippen LogP contribution in [0.5, 0.6) is 0 Å². The van der Waals surface area contributed by atoms with E-state index in [1.54, 1.807) is 0 Å². The average Bonchev–Trinajstić information content (AvgIpc) is 2.73. The molecule has 146 valence electrons. The van der Waals surface area contributed by atoms with Gasteiger partial charge in [0.2, 0.25) is 0 Å². The van der Waals surface area contributed by atoms with E-state index in [-0.39, 0.29) is 0 Å². The molecule has 0 aliphatic rings. The summed E-state index contributed by atoms with van der Waals surface area (Å²) in [5.41, 5.74) is 6.17. The molecule has 1 heterocycles.